The fourth-order valence-corrected chi connectivity index (χ4v) is 4.14. The van der Waals surface area contributed by atoms with E-state index in [2.05, 4.69) is 10.4 Å². The number of carbonyl (C=O) groups is 1. The van der Waals surface area contributed by atoms with Crippen molar-refractivity contribution >= 4 is 21.6 Å². The molecule has 0 aliphatic carbocycles. The standard InChI is InChI=1S/C24H20F2N4O3S/c1-15(31)28-18-11-7-16(8-12-18)21-22(24(25)26)29-30(19-5-3-2-4-6-19)23(21)17-9-13-20(14-10-17)34(27,32)33/h2-14,24H,1H3,(H,28,31)(H2,27,32,33). The molecule has 0 aliphatic heterocycles. The minimum atomic E-state index is -3.93. The zero-order valence-corrected chi connectivity index (χ0v) is 18.8. The predicted octanol–water partition coefficient (Wildman–Crippen LogP) is 4.75. The summed E-state index contributed by atoms with van der Waals surface area (Å²) in [4.78, 5) is 11.2. The molecule has 1 amide bonds. The molecule has 0 atom stereocenters. The van der Waals surface area contributed by atoms with Crippen molar-refractivity contribution in [2.45, 2.75) is 18.2 Å². The fourth-order valence-electron chi connectivity index (χ4n) is 3.62. The lowest BCUT2D eigenvalue weighted by molar-refractivity contribution is -0.114. The van der Waals surface area contributed by atoms with Crippen LogP contribution in [0.2, 0.25) is 0 Å². The van der Waals surface area contributed by atoms with Crippen molar-refractivity contribution in [2.75, 3.05) is 5.32 Å². The van der Waals surface area contributed by atoms with Crippen LogP contribution in [0.4, 0.5) is 14.5 Å². The molecule has 4 aromatic rings. The number of alkyl halides is 2. The molecule has 0 spiro atoms. The van der Waals surface area contributed by atoms with E-state index >= 15 is 0 Å². The highest BCUT2D eigenvalue weighted by molar-refractivity contribution is 7.89. The molecule has 3 aromatic carbocycles. The number of sulfonamides is 1. The van der Waals surface area contributed by atoms with Crippen molar-refractivity contribution in [3.8, 4) is 28.1 Å². The molecule has 0 bridgehead atoms. The van der Waals surface area contributed by atoms with Crippen molar-refractivity contribution in [3.63, 3.8) is 0 Å². The molecule has 0 saturated carbocycles. The van der Waals surface area contributed by atoms with Gasteiger partial charge in [-0.05, 0) is 42.0 Å². The van der Waals surface area contributed by atoms with Crippen LogP contribution >= 0.6 is 0 Å². The molecule has 4 rings (SSSR count). The zero-order chi connectivity index (χ0) is 24.5. The summed E-state index contributed by atoms with van der Waals surface area (Å²) in [5.74, 6) is -0.256. The minimum absolute atomic E-state index is 0.0997. The lowest BCUT2D eigenvalue weighted by Crippen LogP contribution is -2.11. The zero-order valence-electron chi connectivity index (χ0n) is 17.9. The summed E-state index contributed by atoms with van der Waals surface area (Å²) in [5.41, 5.74) is 2.11. The van der Waals surface area contributed by atoms with E-state index < -0.39 is 22.1 Å². The highest BCUT2D eigenvalue weighted by Crippen LogP contribution is 2.41. The molecule has 34 heavy (non-hydrogen) atoms. The average Bonchev–Trinajstić information content (AvgIpc) is 3.20. The third-order valence-electron chi connectivity index (χ3n) is 5.07. The Bertz CT molecular complexity index is 1430. The van der Waals surface area contributed by atoms with Gasteiger partial charge in [-0.1, -0.05) is 42.5 Å². The number of anilines is 1. The maximum Gasteiger partial charge on any atom is 0.282 e. The highest BCUT2D eigenvalue weighted by atomic mass is 32.2. The number of nitrogens with two attached hydrogens (primary N) is 1. The molecular formula is C24H20F2N4O3S. The number of hydrogen-bond acceptors (Lipinski definition) is 4. The van der Waals surface area contributed by atoms with Crippen molar-refractivity contribution in [3.05, 3.63) is 84.6 Å². The number of amides is 1. The molecule has 174 valence electrons. The number of aromatic nitrogens is 2. The van der Waals surface area contributed by atoms with Gasteiger partial charge in [0.1, 0.15) is 5.69 Å². The van der Waals surface area contributed by atoms with E-state index in [-0.39, 0.29) is 16.4 Å². The van der Waals surface area contributed by atoms with Gasteiger partial charge in [0.25, 0.3) is 6.43 Å². The topological polar surface area (TPSA) is 107 Å². The average molecular weight is 483 g/mol. The number of rotatable bonds is 6. The van der Waals surface area contributed by atoms with Crippen LogP contribution in [0, 0.1) is 0 Å². The first-order valence-corrected chi connectivity index (χ1v) is 11.7. The van der Waals surface area contributed by atoms with Crippen LogP contribution < -0.4 is 10.5 Å². The van der Waals surface area contributed by atoms with Gasteiger partial charge in [-0.3, -0.25) is 4.79 Å². The Balaban J connectivity index is 1.98. The molecule has 1 heterocycles. The summed E-state index contributed by atoms with van der Waals surface area (Å²) in [5, 5.41) is 12.1. The van der Waals surface area contributed by atoms with Crippen LogP contribution in [0.5, 0.6) is 0 Å². The molecule has 10 heteroatoms. The predicted molar refractivity (Wildman–Crippen MR) is 125 cm³/mol. The van der Waals surface area contributed by atoms with E-state index in [1.807, 2.05) is 0 Å². The first-order chi connectivity index (χ1) is 16.1. The van der Waals surface area contributed by atoms with Crippen LogP contribution in [0.1, 0.15) is 19.0 Å². The van der Waals surface area contributed by atoms with Crippen molar-refractivity contribution < 1.29 is 22.0 Å². The van der Waals surface area contributed by atoms with Gasteiger partial charge in [0.15, 0.2) is 0 Å². The van der Waals surface area contributed by atoms with Crippen LogP contribution in [-0.4, -0.2) is 24.1 Å². The monoisotopic (exact) mass is 482 g/mol. The quantitative estimate of drug-likeness (QED) is 0.414. The lowest BCUT2D eigenvalue weighted by atomic mass is 9.98. The van der Waals surface area contributed by atoms with E-state index in [9.17, 15) is 22.0 Å². The summed E-state index contributed by atoms with van der Waals surface area (Å²) in [6, 6.07) is 20.9. The number of benzene rings is 3. The second-order valence-electron chi connectivity index (χ2n) is 7.48. The van der Waals surface area contributed by atoms with Crippen molar-refractivity contribution in [1.82, 2.24) is 9.78 Å². The Morgan fingerprint density at radius 2 is 1.53 bits per heavy atom. The Kier molecular flexibility index (Phi) is 6.27. The third kappa shape index (κ3) is 4.73. The molecule has 3 N–H and O–H groups in total. The molecule has 0 unspecified atom stereocenters. The Labute approximate surface area is 194 Å². The third-order valence-corrected chi connectivity index (χ3v) is 6.00. The molecule has 0 fully saturated rings. The number of carbonyl (C=O) groups excluding carboxylic acids is 1. The normalized spacial score (nSPS) is 11.6. The number of nitrogens with zero attached hydrogens (tertiary/aromatic N) is 2. The number of halogens is 2. The smallest absolute Gasteiger partial charge is 0.282 e. The summed E-state index contributed by atoms with van der Waals surface area (Å²) in [6.45, 7) is 1.37. The van der Waals surface area contributed by atoms with Gasteiger partial charge in [0.05, 0.1) is 16.3 Å². The Morgan fingerprint density at radius 1 is 0.941 bits per heavy atom. The molecule has 7 nitrogen and oxygen atoms in total. The Morgan fingerprint density at radius 3 is 2.06 bits per heavy atom. The van der Waals surface area contributed by atoms with Gasteiger partial charge in [0.2, 0.25) is 15.9 Å². The second-order valence-corrected chi connectivity index (χ2v) is 9.05. The number of nitrogens with one attached hydrogen (secondary N) is 1. The van der Waals surface area contributed by atoms with Crippen LogP contribution in [0.3, 0.4) is 0 Å². The molecule has 1 aromatic heterocycles. The van der Waals surface area contributed by atoms with Crippen molar-refractivity contribution in [1.29, 1.82) is 0 Å². The van der Waals surface area contributed by atoms with Crippen LogP contribution in [0.15, 0.2) is 83.8 Å². The number of hydrogen-bond donors (Lipinski definition) is 2. The number of para-hydroxylation sites is 1. The largest absolute Gasteiger partial charge is 0.326 e. The van der Waals surface area contributed by atoms with Gasteiger partial charge in [-0.2, -0.15) is 5.10 Å². The SMILES string of the molecule is CC(=O)Nc1ccc(-c2c(C(F)F)nn(-c3ccccc3)c2-c2ccc(S(N)(=O)=O)cc2)cc1. The summed E-state index contributed by atoms with van der Waals surface area (Å²) >= 11 is 0. The summed E-state index contributed by atoms with van der Waals surface area (Å²) in [6.07, 6.45) is -2.88. The lowest BCUT2D eigenvalue weighted by Gasteiger charge is -2.12. The fraction of sp³-hybridized carbons (Fsp3) is 0.0833. The van der Waals surface area contributed by atoms with Gasteiger partial charge >= 0.3 is 0 Å². The molecule has 0 radical (unpaired) electrons. The molecule has 0 saturated heterocycles. The van der Waals surface area contributed by atoms with E-state index in [1.165, 1.54) is 35.9 Å². The highest BCUT2D eigenvalue weighted by Gasteiger charge is 2.27. The molecular weight excluding hydrogens is 462 g/mol. The second kappa shape index (κ2) is 9.16. The maximum absolute atomic E-state index is 14.2. The number of primary sulfonamides is 1. The maximum atomic E-state index is 14.2. The van der Waals surface area contributed by atoms with Gasteiger partial charge in [-0.25, -0.2) is 27.0 Å². The van der Waals surface area contributed by atoms with Crippen LogP contribution in [0.25, 0.3) is 28.1 Å². The van der Waals surface area contributed by atoms with E-state index in [1.54, 1.807) is 54.6 Å². The summed E-state index contributed by atoms with van der Waals surface area (Å²) < 4.78 is 53.1. The van der Waals surface area contributed by atoms with E-state index in [4.69, 9.17) is 5.14 Å². The minimum Gasteiger partial charge on any atom is -0.326 e. The first kappa shape index (κ1) is 23.3. The van der Waals surface area contributed by atoms with Gasteiger partial charge in [-0.15, -0.1) is 0 Å². The van der Waals surface area contributed by atoms with Crippen LogP contribution in [-0.2, 0) is 14.8 Å². The van der Waals surface area contributed by atoms with Gasteiger partial charge < -0.3 is 5.32 Å². The molecule has 0 aliphatic rings. The van der Waals surface area contributed by atoms with E-state index in [0.29, 0.717) is 28.2 Å². The Hall–Kier alpha value is -3.89. The summed E-state index contributed by atoms with van der Waals surface area (Å²) in [7, 11) is -3.93. The van der Waals surface area contributed by atoms with Crippen molar-refractivity contribution in [2.24, 2.45) is 5.14 Å². The first-order valence-electron chi connectivity index (χ1n) is 10.1. The van der Waals surface area contributed by atoms with Gasteiger partial charge in [0, 0.05) is 23.7 Å². The van der Waals surface area contributed by atoms with E-state index in [0.717, 1.165) is 0 Å².